The molecule has 4 nitrogen and oxygen atoms in total. The van der Waals surface area contributed by atoms with Crippen molar-refractivity contribution in [3.8, 4) is 0 Å². The molecule has 0 spiro atoms. The van der Waals surface area contributed by atoms with Crippen LogP contribution in [0, 0.1) is 0 Å². The molecule has 0 bridgehead atoms. The van der Waals surface area contributed by atoms with E-state index >= 15 is 0 Å². The van der Waals surface area contributed by atoms with Gasteiger partial charge in [0.25, 0.3) is 5.91 Å². The molecule has 0 fully saturated rings. The summed E-state index contributed by atoms with van der Waals surface area (Å²) in [4.78, 5) is 24.5. The van der Waals surface area contributed by atoms with E-state index in [1.54, 1.807) is 42.5 Å². The number of nitrogens with one attached hydrogen (secondary N) is 1. The number of hydrogen-bond acceptors (Lipinski definition) is 3. The van der Waals surface area contributed by atoms with E-state index < -0.39 is 17.9 Å². The third-order valence-corrected chi connectivity index (χ3v) is 3.61. The molecular weight excluding hydrogens is 290 g/mol. The summed E-state index contributed by atoms with van der Waals surface area (Å²) in [5.41, 5.74) is 0.765. The van der Waals surface area contributed by atoms with Crippen LogP contribution in [0.2, 0.25) is 0 Å². The number of rotatable bonds is 4. The zero-order chi connectivity index (χ0) is 16.2. The van der Waals surface area contributed by atoms with E-state index in [1.165, 1.54) is 0 Å². The van der Waals surface area contributed by atoms with Crippen LogP contribution < -0.4 is 5.32 Å². The minimum absolute atomic E-state index is 0.346. The van der Waals surface area contributed by atoms with Crippen LogP contribution in [-0.4, -0.2) is 23.0 Å². The fraction of sp³-hybridized carbons (Fsp3) is 0.0526. The van der Waals surface area contributed by atoms with Gasteiger partial charge in [0.2, 0.25) is 5.78 Å². The van der Waals surface area contributed by atoms with E-state index in [2.05, 4.69) is 5.32 Å². The predicted molar refractivity (Wildman–Crippen MR) is 88.2 cm³/mol. The third-order valence-electron chi connectivity index (χ3n) is 3.61. The maximum atomic E-state index is 12.4. The molecule has 0 radical (unpaired) electrons. The smallest absolute Gasteiger partial charge is 0.254 e. The predicted octanol–water partition coefficient (Wildman–Crippen LogP) is 2.77. The number of benzene rings is 3. The second-order valence-corrected chi connectivity index (χ2v) is 5.13. The highest BCUT2D eigenvalue weighted by atomic mass is 16.3. The summed E-state index contributed by atoms with van der Waals surface area (Å²) in [6.07, 6.45) is -1.58. The SMILES string of the molecule is O=C(NC(O)C(=O)c1ccccc1)c1cccc2ccccc12. The highest BCUT2D eigenvalue weighted by Gasteiger charge is 2.20. The largest absolute Gasteiger partial charge is 0.367 e. The Balaban J connectivity index is 1.82. The lowest BCUT2D eigenvalue weighted by Crippen LogP contribution is -2.40. The van der Waals surface area contributed by atoms with Crippen molar-refractivity contribution in [2.75, 3.05) is 0 Å². The van der Waals surface area contributed by atoms with Crippen molar-refractivity contribution in [3.05, 3.63) is 83.9 Å². The van der Waals surface area contributed by atoms with Crippen molar-refractivity contribution in [1.29, 1.82) is 0 Å². The van der Waals surface area contributed by atoms with Crippen LogP contribution in [0.1, 0.15) is 20.7 Å². The molecule has 0 heterocycles. The number of carbonyl (C=O) groups excluding carboxylic acids is 2. The first-order valence-corrected chi connectivity index (χ1v) is 7.23. The molecule has 3 aromatic carbocycles. The van der Waals surface area contributed by atoms with Crippen LogP contribution in [0.3, 0.4) is 0 Å². The summed E-state index contributed by atoms with van der Waals surface area (Å²) < 4.78 is 0. The van der Waals surface area contributed by atoms with Gasteiger partial charge in [0.1, 0.15) is 0 Å². The Morgan fingerprint density at radius 3 is 2.26 bits per heavy atom. The van der Waals surface area contributed by atoms with Gasteiger partial charge in [-0.2, -0.15) is 0 Å². The molecule has 23 heavy (non-hydrogen) atoms. The lowest BCUT2D eigenvalue weighted by Gasteiger charge is -2.13. The Kier molecular flexibility index (Phi) is 4.17. The summed E-state index contributed by atoms with van der Waals surface area (Å²) in [6.45, 7) is 0. The molecule has 1 atom stereocenters. The van der Waals surface area contributed by atoms with E-state index in [-0.39, 0.29) is 0 Å². The lowest BCUT2D eigenvalue weighted by atomic mass is 10.0. The molecule has 0 saturated carbocycles. The van der Waals surface area contributed by atoms with Crippen LogP contribution in [0.25, 0.3) is 10.8 Å². The quantitative estimate of drug-likeness (QED) is 0.575. The number of fused-ring (bicyclic) bond motifs is 1. The number of amides is 1. The normalized spacial score (nSPS) is 11.9. The van der Waals surface area contributed by atoms with Crippen molar-refractivity contribution in [3.63, 3.8) is 0 Å². The molecule has 4 heteroatoms. The maximum Gasteiger partial charge on any atom is 0.254 e. The first-order valence-electron chi connectivity index (χ1n) is 7.23. The fourth-order valence-corrected chi connectivity index (χ4v) is 2.45. The monoisotopic (exact) mass is 305 g/mol. The lowest BCUT2D eigenvalue weighted by molar-refractivity contribution is 0.0608. The van der Waals surface area contributed by atoms with Gasteiger partial charge in [-0.25, -0.2) is 0 Å². The average molecular weight is 305 g/mol. The van der Waals surface area contributed by atoms with Gasteiger partial charge in [-0.1, -0.05) is 66.7 Å². The Hall–Kier alpha value is -2.98. The van der Waals surface area contributed by atoms with Crippen molar-refractivity contribution < 1.29 is 14.7 Å². The zero-order valence-corrected chi connectivity index (χ0v) is 12.3. The summed E-state index contributed by atoms with van der Waals surface area (Å²) in [7, 11) is 0. The molecule has 0 aliphatic rings. The Morgan fingerprint density at radius 1 is 0.826 bits per heavy atom. The highest BCUT2D eigenvalue weighted by Crippen LogP contribution is 2.18. The number of aliphatic hydroxyl groups is 1. The van der Waals surface area contributed by atoms with E-state index in [0.717, 1.165) is 10.8 Å². The number of aliphatic hydroxyl groups excluding tert-OH is 1. The molecule has 0 saturated heterocycles. The van der Waals surface area contributed by atoms with Gasteiger partial charge >= 0.3 is 0 Å². The Morgan fingerprint density at radius 2 is 1.48 bits per heavy atom. The van der Waals surface area contributed by atoms with Crippen LogP contribution in [0.4, 0.5) is 0 Å². The van der Waals surface area contributed by atoms with E-state index in [9.17, 15) is 14.7 Å². The van der Waals surface area contributed by atoms with E-state index in [4.69, 9.17) is 0 Å². The third kappa shape index (κ3) is 3.12. The number of carbonyl (C=O) groups is 2. The standard InChI is InChI=1S/C19H15NO3/c21-17(14-8-2-1-3-9-14)19(23)20-18(22)16-12-6-10-13-7-4-5-11-15(13)16/h1-12,19,23H,(H,20,22). The van der Waals surface area contributed by atoms with Crippen molar-refractivity contribution in [1.82, 2.24) is 5.32 Å². The fourth-order valence-electron chi connectivity index (χ4n) is 2.45. The van der Waals surface area contributed by atoms with Crippen LogP contribution in [-0.2, 0) is 0 Å². The average Bonchev–Trinajstić information content (AvgIpc) is 2.61. The topological polar surface area (TPSA) is 66.4 Å². The first-order chi connectivity index (χ1) is 11.2. The number of ketones is 1. The molecule has 0 aliphatic carbocycles. The second kappa shape index (κ2) is 6.42. The zero-order valence-electron chi connectivity index (χ0n) is 12.3. The number of Topliss-reactive ketones (excluding diaryl/α,β-unsaturated/α-hetero) is 1. The Labute approximate surface area is 133 Å². The summed E-state index contributed by atoms with van der Waals surface area (Å²) in [5, 5.41) is 14.0. The van der Waals surface area contributed by atoms with Gasteiger partial charge < -0.3 is 10.4 Å². The van der Waals surface area contributed by atoms with Gasteiger partial charge in [-0.15, -0.1) is 0 Å². The maximum absolute atomic E-state index is 12.4. The van der Waals surface area contributed by atoms with Crippen molar-refractivity contribution >= 4 is 22.5 Å². The molecule has 114 valence electrons. The molecule has 2 N–H and O–H groups in total. The summed E-state index contributed by atoms with van der Waals surface area (Å²) in [6, 6.07) is 21.1. The Bertz CT molecular complexity index is 853. The highest BCUT2D eigenvalue weighted by molar-refractivity contribution is 6.09. The minimum Gasteiger partial charge on any atom is -0.367 e. The summed E-state index contributed by atoms with van der Waals surface area (Å²) in [5.74, 6) is -1.03. The van der Waals surface area contributed by atoms with Gasteiger partial charge in [0, 0.05) is 11.1 Å². The molecule has 1 amide bonds. The van der Waals surface area contributed by atoms with E-state index in [1.807, 2.05) is 30.3 Å². The van der Waals surface area contributed by atoms with Gasteiger partial charge in [0.15, 0.2) is 6.23 Å². The molecule has 0 aromatic heterocycles. The van der Waals surface area contributed by atoms with Crippen molar-refractivity contribution in [2.45, 2.75) is 6.23 Å². The molecule has 1 unspecified atom stereocenters. The molecule has 3 rings (SSSR count). The molecule has 3 aromatic rings. The molecular formula is C19H15NO3. The van der Waals surface area contributed by atoms with E-state index in [0.29, 0.717) is 11.1 Å². The van der Waals surface area contributed by atoms with Crippen LogP contribution >= 0.6 is 0 Å². The van der Waals surface area contributed by atoms with Crippen molar-refractivity contribution in [2.24, 2.45) is 0 Å². The second-order valence-electron chi connectivity index (χ2n) is 5.13. The molecule has 0 aliphatic heterocycles. The first kappa shape index (κ1) is 14.9. The van der Waals surface area contributed by atoms with Crippen LogP contribution in [0.15, 0.2) is 72.8 Å². The van der Waals surface area contributed by atoms with Gasteiger partial charge in [-0.3, -0.25) is 9.59 Å². The minimum atomic E-state index is -1.58. The van der Waals surface area contributed by atoms with Gasteiger partial charge in [-0.05, 0) is 16.8 Å². The van der Waals surface area contributed by atoms with Gasteiger partial charge in [0.05, 0.1) is 0 Å². The summed E-state index contributed by atoms with van der Waals surface area (Å²) >= 11 is 0. The number of hydrogen-bond donors (Lipinski definition) is 2. The van der Waals surface area contributed by atoms with Crippen LogP contribution in [0.5, 0.6) is 0 Å².